The van der Waals surface area contributed by atoms with E-state index in [0.717, 1.165) is 0 Å². The number of fused-ring (bicyclic) bond motifs is 1. The molecule has 10 heteroatoms. The molecule has 0 spiro atoms. The van der Waals surface area contributed by atoms with Crippen LogP contribution < -0.4 is 9.47 Å². The summed E-state index contributed by atoms with van der Waals surface area (Å²) in [7, 11) is 0. The van der Waals surface area contributed by atoms with Gasteiger partial charge < -0.3 is 9.47 Å². The maximum atomic E-state index is 12.4. The number of hydrogen-bond acceptors (Lipinski definition) is 6. The van der Waals surface area contributed by atoms with Gasteiger partial charge in [-0.05, 0) is 6.92 Å². The van der Waals surface area contributed by atoms with Gasteiger partial charge in [-0.2, -0.15) is 23.4 Å². The van der Waals surface area contributed by atoms with Crippen LogP contribution in [0.4, 0.5) is 13.2 Å². The van der Waals surface area contributed by atoms with Gasteiger partial charge in [-0.25, -0.2) is 9.97 Å². The van der Waals surface area contributed by atoms with Crippen LogP contribution >= 0.6 is 0 Å². The van der Waals surface area contributed by atoms with Crippen LogP contribution in [0.5, 0.6) is 12.0 Å². The fourth-order valence-electron chi connectivity index (χ4n) is 2.10. The molecule has 1 aliphatic heterocycles. The van der Waals surface area contributed by atoms with Crippen molar-refractivity contribution in [2.45, 2.75) is 25.7 Å². The third-order valence-corrected chi connectivity index (χ3v) is 3.30. The van der Waals surface area contributed by atoms with E-state index >= 15 is 0 Å². The predicted molar refractivity (Wildman–Crippen MR) is 68.6 cm³/mol. The summed E-state index contributed by atoms with van der Waals surface area (Å²) >= 11 is 0. The lowest BCUT2D eigenvalue weighted by atomic mass is 10.3. The van der Waals surface area contributed by atoms with E-state index < -0.39 is 11.7 Å². The van der Waals surface area contributed by atoms with Gasteiger partial charge in [-0.15, -0.1) is 0 Å². The Morgan fingerprint density at radius 1 is 1.43 bits per heavy atom. The van der Waals surface area contributed by atoms with Crippen molar-refractivity contribution < 1.29 is 22.6 Å². The molecule has 0 N–H and O–H groups in total. The Kier molecular flexibility index (Phi) is 3.55. The number of ether oxygens (including phenoxy) is 2. The Morgan fingerprint density at radius 2 is 2.13 bits per heavy atom. The van der Waals surface area contributed by atoms with Crippen molar-refractivity contribution in [3.05, 3.63) is 29.3 Å². The molecule has 1 atom stereocenters. The van der Waals surface area contributed by atoms with Crippen molar-refractivity contribution in [3.63, 3.8) is 0 Å². The Hall–Kier alpha value is -2.83. The number of imidazole rings is 1. The molecule has 1 aliphatic rings. The molecule has 2 aromatic rings. The smallest absolute Gasteiger partial charge is 0.419 e. The first-order chi connectivity index (χ1) is 10.9. The van der Waals surface area contributed by atoms with Crippen molar-refractivity contribution in [2.24, 2.45) is 0 Å². The zero-order chi connectivity index (χ0) is 16.6. The summed E-state index contributed by atoms with van der Waals surface area (Å²) in [6.07, 6.45) is -3.55. The highest BCUT2D eigenvalue weighted by molar-refractivity contribution is 5.31. The highest BCUT2D eigenvalue weighted by atomic mass is 19.4. The van der Waals surface area contributed by atoms with Crippen molar-refractivity contribution in [3.8, 4) is 18.1 Å². The highest BCUT2D eigenvalue weighted by Crippen LogP contribution is 2.28. The Morgan fingerprint density at radius 3 is 2.70 bits per heavy atom. The van der Waals surface area contributed by atoms with E-state index in [4.69, 9.17) is 14.7 Å². The zero-order valence-corrected chi connectivity index (χ0v) is 11.8. The second kappa shape index (κ2) is 5.42. The van der Waals surface area contributed by atoms with E-state index in [2.05, 4.69) is 15.0 Å². The maximum Gasteiger partial charge on any atom is 0.419 e. The van der Waals surface area contributed by atoms with Gasteiger partial charge in [0, 0.05) is 12.4 Å². The minimum Gasteiger partial charge on any atom is -0.459 e. The second-order valence-corrected chi connectivity index (χ2v) is 4.85. The summed E-state index contributed by atoms with van der Waals surface area (Å²) in [5.74, 6) is 0. The van der Waals surface area contributed by atoms with Gasteiger partial charge in [0.2, 0.25) is 0 Å². The number of alkyl halides is 3. The third-order valence-electron chi connectivity index (χ3n) is 3.30. The Balaban J connectivity index is 1.59. The van der Waals surface area contributed by atoms with E-state index in [-0.39, 0.29) is 18.7 Å². The lowest BCUT2D eigenvalue weighted by Crippen LogP contribution is -2.24. The van der Waals surface area contributed by atoms with E-state index in [0.29, 0.717) is 36.3 Å². The van der Waals surface area contributed by atoms with Crippen molar-refractivity contribution in [2.75, 3.05) is 6.61 Å². The standard InChI is InChI=1S/C13H10F3N5O2/c1-7-10(2-17)20-12-21(7)5-9(23-12)6-22-11-18-3-8(4-19-11)13(14,15)16/h3-4,9H,5-6H2,1H3. The molecule has 120 valence electrons. The zero-order valence-electron chi connectivity index (χ0n) is 11.8. The molecule has 0 aromatic carbocycles. The van der Waals surface area contributed by atoms with Gasteiger partial charge in [-0.1, -0.05) is 0 Å². The van der Waals surface area contributed by atoms with Crippen LogP contribution in [-0.2, 0) is 12.7 Å². The molecule has 23 heavy (non-hydrogen) atoms. The quantitative estimate of drug-likeness (QED) is 0.854. The predicted octanol–water partition coefficient (Wildman–Crippen LogP) is 1.71. The normalized spacial score (nSPS) is 16.6. The molecule has 0 saturated heterocycles. The SMILES string of the molecule is Cc1c(C#N)nc2n1CC(COc1ncc(C(F)(F)F)cn1)O2. The number of nitrogens with zero attached hydrogens (tertiary/aromatic N) is 5. The molecular formula is C13H10F3N5O2. The summed E-state index contributed by atoms with van der Waals surface area (Å²) in [5, 5.41) is 8.87. The lowest BCUT2D eigenvalue weighted by Gasteiger charge is -2.11. The lowest BCUT2D eigenvalue weighted by molar-refractivity contribution is -0.138. The molecule has 0 radical (unpaired) electrons. The van der Waals surface area contributed by atoms with Crippen LogP contribution in [-0.4, -0.2) is 32.2 Å². The molecule has 0 saturated carbocycles. The monoisotopic (exact) mass is 325 g/mol. The van der Waals surface area contributed by atoms with Gasteiger partial charge in [-0.3, -0.25) is 4.57 Å². The molecule has 0 aliphatic carbocycles. The van der Waals surface area contributed by atoms with Crippen molar-refractivity contribution in [1.29, 1.82) is 5.26 Å². The molecule has 2 aromatic heterocycles. The average molecular weight is 325 g/mol. The van der Waals surface area contributed by atoms with Crippen LogP contribution in [0, 0.1) is 18.3 Å². The molecule has 0 bridgehead atoms. The molecule has 7 nitrogen and oxygen atoms in total. The maximum absolute atomic E-state index is 12.4. The summed E-state index contributed by atoms with van der Waals surface area (Å²) in [6, 6.07) is 2.11. The average Bonchev–Trinajstić information content (AvgIpc) is 3.04. The first-order valence-electron chi connectivity index (χ1n) is 6.54. The van der Waals surface area contributed by atoms with Crippen LogP contribution in [0.3, 0.4) is 0 Å². The first kappa shape index (κ1) is 15.1. The van der Waals surface area contributed by atoms with Crippen LogP contribution in [0.25, 0.3) is 0 Å². The van der Waals surface area contributed by atoms with Gasteiger partial charge in [0.1, 0.15) is 12.7 Å². The van der Waals surface area contributed by atoms with Crippen LogP contribution in [0.2, 0.25) is 0 Å². The molecule has 3 rings (SSSR count). The number of halogens is 3. The van der Waals surface area contributed by atoms with Gasteiger partial charge in [0.25, 0.3) is 6.01 Å². The van der Waals surface area contributed by atoms with Crippen molar-refractivity contribution >= 4 is 0 Å². The fourth-order valence-corrected chi connectivity index (χ4v) is 2.10. The number of hydrogen-bond donors (Lipinski definition) is 0. The summed E-state index contributed by atoms with van der Waals surface area (Å²) < 4.78 is 49.7. The topological polar surface area (TPSA) is 85.9 Å². The first-order valence-corrected chi connectivity index (χ1v) is 6.54. The Bertz CT molecular complexity index is 764. The van der Waals surface area contributed by atoms with Gasteiger partial charge in [0.15, 0.2) is 11.8 Å². The van der Waals surface area contributed by atoms with Gasteiger partial charge >= 0.3 is 12.2 Å². The third kappa shape index (κ3) is 2.90. The summed E-state index contributed by atoms with van der Waals surface area (Å²) in [6.45, 7) is 2.23. The summed E-state index contributed by atoms with van der Waals surface area (Å²) in [5.41, 5.74) is 0.0444. The highest BCUT2D eigenvalue weighted by Gasteiger charge is 2.32. The molecular weight excluding hydrogens is 315 g/mol. The number of rotatable bonds is 3. The molecule has 1 unspecified atom stereocenters. The minimum atomic E-state index is -4.49. The van der Waals surface area contributed by atoms with Crippen LogP contribution in [0.1, 0.15) is 17.0 Å². The summed E-state index contributed by atoms with van der Waals surface area (Å²) in [4.78, 5) is 11.0. The van der Waals surface area contributed by atoms with E-state index in [1.54, 1.807) is 11.5 Å². The fraction of sp³-hybridized carbons (Fsp3) is 0.385. The van der Waals surface area contributed by atoms with Gasteiger partial charge in [0.05, 0.1) is 17.8 Å². The van der Waals surface area contributed by atoms with E-state index in [1.807, 2.05) is 6.07 Å². The van der Waals surface area contributed by atoms with E-state index in [9.17, 15) is 13.2 Å². The minimum absolute atomic E-state index is 0.0516. The largest absolute Gasteiger partial charge is 0.459 e. The van der Waals surface area contributed by atoms with E-state index in [1.165, 1.54) is 0 Å². The Labute approximate surface area is 128 Å². The molecule has 0 fully saturated rings. The van der Waals surface area contributed by atoms with Crippen LogP contribution in [0.15, 0.2) is 12.4 Å². The molecule has 0 amide bonds. The second-order valence-electron chi connectivity index (χ2n) is 4.85. The number of nitriles is 1. The molecule has 3 heterocycles. The number of aromatic nitrogens is 4. The van der Waals surface area contributed by atoms with Crippen molar-refractivity contribution in [1.82, 2.24) is 19.5 Å².